The second-order valence-electron chi connectivity index (χ2n) is 2.25. The molecule has 0 N–H and O–H groups in total. The second kappa shape index (κ2) is 2.29. The summed E-state index contributed by atoms with van der Waals surface area (Å²) >= 11 is 1.77. The largest absolute Gasteiger partial charge is 0.366 e. The van der Waals surface area contributed by atoms with Crippen molar-refractivity contribution in [3.8, 4) is 0 Å². The van der Waals surface area contributed by atoms with E-state index in [-0.39, 0.29) is 5.44 Å². The van der Waals surface area contributed by atoms with Gasteiger partial charge in [-0.25, -0.2) is 0 Å². The number of methoxy groups -OCH3 is 1. The van der Waals surface area contributed by atoms with Crippen LogP contribution in [0.5, 0.6) is 0 Å². The van der Waals surface area contributed by atoms with Gasteiger partial charge in [0.25, 0.3) is 0 Å². The highest BCUT2D eigenvalue weighted by molar-refractivity contribution is 7.99. The van der Waals surface area contributed by atoms with E-state index in [0.29, 0.717) is 0 Å². The first kappa shape index (κ1) is 6.25. The molecule has 2 heteroatoms. The van der Waals surface area contributed by atoms with E-state index >= 15 is 0 Å². The van der Waals surface area contributed by atoms with E-state index in [1.807, 2.05) is 0 Å². The van der Waals surface area contributed by atoms with Crippen molar-refractivity contribution in [2.24, 2.45) is 0 Å². The van der Waals surface area contributed by atoms with Crippen LogP contribution in [0.1, 0.15) is 11.0 Å². The molecular weight excluding hydrogens is 144 g/mol. The fraction of sp³-hybridized carbons (Fsp3) is 0.250. The third-order valence-electron chi connectivity index (χ3n) is 1.61. The van der Waals surface area contributed by atoms with Crippen LogP contribution in [0.15, 0.2) is 29.2 Å². The van der Waals surface area contributed by atoms with Gasteiger partial charge in [0.05, 0.1) is 0 Å². The van der Waals surface area contributed by atoms with Crippen LogP contribution in [0.4, 0.5) is 0 Å². The fourth-order valence-corrected chi connectivity index (χ4v) is 2.01. The normalized spacial score (nSPS) is 21.5. The van der Waals surface area contributed by atoms with Gasteiger partial charge in [-0.05, 0) is 17.7 Å². The number of ether oxygens (including phenoxy) is 1. The minimum absolute atomic E-state index is 0.241. The van der Waals surface area contributed by atoms with Crippen molar-refractivity contribution in [2.75, 3.05) is 7.11 Å². The van der Waals surface area contributed by atoms with Gasteiger partial charge in [0.1, 0.15) is 5.44 Å². The molecule has 1 nitrogen and oxygen atoms in total. The summed E-state index contributed by atoms with van der Waals surface area (Å²) < 4.78 is 5.23. The lowest BCUT2D eigenvalue weighted by atomic mass is 10.2. The zero-order valence-electron chi connectivity index (χ0n) is 5.70. The average Bonchev–Trinajstić information content (AvgIpc) is 2.06. The van der Waals surface area contributed by atoms with Crippen LogP contribution >= 0.6 is 11.8 Å². The van der Waals surface area contributed by atoms with Crippen molar-refractivity contribution in [1.82, 2.24) is 0 Å². The minimum Gasteiger partial charge on any atom is -0.366 e. The lowest BCUT2D eigenvalue weighted by Crippen LogP contribution is -2.00. The van der Waals surface area contributed by atoms with Gasteiger partial charge in [-0.15, -0.1) is 0 Å². The van der Waals surface area contributed by atoms with E-state index in [1.54, 1.807) is 18.9 Å². The van der Waals surface area contributed by atoms with Gasteiger partial charge in [0.2, 0.25) is 0 Å². The van der Waals surface area contributed by atoms with Gasteiger partial charge in [-0.1, -0.05) is 23.9 Å². The Hall–Kier alpha value is -0.470. The Bertz CT molecular complexity index is 230. The Labute approximate surface area is 64.4 Å². The fourth-order valence-electron chi connectivity index (χ4n) is 1.08. The zero-order valence-corrected chi connectivity index (χ0v) is 6.52. The maximum Gasteiger partial charge on any atom is 0.132 e. The van der Waals surface area contributed by atoms with E-state index < -0.39 is 0 Å². The van der Waals surface area contributed by atoms with Crippen LogP contribution < -0.4 is 0 Å². The summed E-state index contributed by atoms with van der Waals surface area (Å²) in [6.07, 6.45) is 0. The van der Waals surface area contributed by atoms with Crippen LogP contribution in [-0.4, -0.2) is 7.11 Å². The quantitative estimate of drug-likeness (QED) is 0.611. The summed E-state index contributed by atoms with van der Waals surface area (Å²) in [6.45, 7) is 0. The first-order valence-corrected chi connectivity index (χ1v) is 4.07. The lowest BCUT2D eigenvalue weighted by molar-refractivity contribution is 0.174. The third-order valence-corrected chi connectivity index (χ3v) is 2.83. The predicted molar refractivity (Wildman–Crippen MR) is 42.0 cm³/mol. The standard InChI is InChI=1S/C8H8OS/c1-9-8-6-2-4-7(10-8)5-3-6/h2-5,8H,1H3. The number of fused-ring (bicyclic) bond motifs is 3. The number of hydrogen-bond donors (Lipinski definition) is 0. The molecule has 3 rings (SSSR count). The number of hydrogen-bond acceptors (Lipinski definition) is 2. The highest BCUT2D eigenvalue weighted by Gasteiger charge is 2.16. The van der Waals surface area contributed by atoms with Crippen LogP contribution in [0.3, 0.4) is 0 Å². The molecular formula is C8H8OS. The van der Waals surface area contributed by atoms with Gasteiger partial charge in [-0.3, -0.25) is 0 Å². The molecule has 0 saturated carbocycles. The first-order chi connectivity index (χ1) is 4.90. The van der Waals surface area contributed by atoms with Crippen LogP contribution in [0.25, 0.3) is 0 Å². The Balaban J connectivity index is 2.41. The van der Waals surface area contributed by atoms with E-state index in [4.69, 9.17) is 4.74 Å². The van der Waals surface area contributed by atoms with Crippen molar-refractivity contribution in [2.45, 2.75) is 10.3 Å². The Morgan fingerprint density at radius 3 is 2.30 bits per heavy atom. The van der Waals surface area contributed by atoms with Gasteiger partial charge in [0.15, 0.2) is 0 Å². The molecule has 1 aromatic rings. The highest BCUT2D eigenvalue weighted by atomic mass is 32.2. The maximum atomic E-state index is 5.23. The van der Waals surface area contributed by atoms with Crippen LogP contribution in [-0.2, 0) is 4.74 Å². The molecule has 52 valence electrons. The van der Waals surface area contributed by atoms with Gasteiger partial charge < -0.3 is 4.74 Å². The van der Waals surface area contributed by atoms with Crippen molar-refractivity contribution >= 4 is 11.8 Å². The number of benzene rings is 1. The molecule has 0 spiro atoms. The number of rotatable bonds is 1. The maximum absolute atomic E-state index is 5.23. The van der Waals surface area contributed by atoms with Gasteiger partial charge in [0, 0.05) is 12.0 Å². The lowest BCUT2D eigenvalue weighted by Gasteiger charge is -2.20. The SMILES string of the molecule is COC1Sc2ccc1cc2. The summed E-state index contributed by atoms with van der Waals surface area (Å²) in [5.41, 5.74) is 1.51. The predicted octanol–water partition coefficient (Wildman–Crippen LogP) is 2.44. The zero-order chi connectivity index (χ0) is 6.97. The first-order valence-electron chi connectivity index (χ1n) is 3.19. The van der Waals surface area contributed by atoms with E-state index in [1.165, 1.54) is 10.5 Å². The summed E-state index contributed by atoms with van der Waals surface area (Å²) in [4.78, 5) is 1.29. The monoisotopic (exact) mass is 152 g/mol. The molecule has 10 heavy (non-hydrogen) atoms. The molecule has 0 fully saturated rings. The topological polar surface area (TPSA) is 9.23 Å². The summed E-state index contributed by atoms with van der Waals surface area (Å²) in [5.74, 6) is 0. The molecule has 1 atom stereocenters. The van der Waals surface area contributed by atoms with Gasteiger partial charge >= 0.3 is 0 Å². The summed E-state index contributed by atoms with van der Waals surface area (Å²) in [6, 6.07) is 8.46. The smallest absolute Gasteiger partial charge is 0.132 e. The van der Waals surface area contributed by atoms with E-state index in [2.05, 4.69) is 24.3 Å². The second-order valence-corrected chi connectivity index (χ2v) is 3.39. The molecule has 2 bridgehead atoms. The third kappa shape index (κ3) is 0.842. The Kier molecular flexibility index (Phi) is 1.43. The molecule has 0 radical (unpaired) electrons. The van der Waals surface area contributed by atoms with Crippen LogP contribution in [0, 0.1) is 0 Å². The Morgan fingerprint density at radius 1 is 1.30 bits per heavy atom. The molecule has 2 heterocycles. The number of thioether (sulfide) groups is 1. The van der Waals surface area contributed by atoms with Crippen molar-refractivity contribution in [3.63, 3.8) is 0 Å². The molecule has 0 aromatic heterocycles. The molecule has 2 aliphatic heterocycles. The van der Waals surface area contributed by atoms with E-state index in [9.17, 15) is 0 Å². The highest BCUT2D eigenvalue weighted by Crippen LogP contribution is 2.40. The van der Waals surface area contributed by atoms with Crippen molar-refractivity contribution in [1.29, 1.82) is 0 Å². The molecule has 2 aliphatic rings. The van der Waals surface area contributed by atoms with Crippen molar-refractivity contribution in [3.05, 3.63) is 29.8 Å². The summed E-state index contributed by atoms with van der Waals surface area (Å²) in [5, 5.41) is 0. The van der Waals surface area contributed by atoms with E-state index in [0.717, 1.165) is 0 Å². The molecule has 0 saturated heterocycles. The molecule has 0 amide bonds. The minimum atomic E-state index is 0.241. The Morgan fingerprint density at radius 2 is 2.00 bits per heavy atom. The van der Waals surface area contributed by atoms with Crippen molar-refractivity contribution < 1.29 is 4.74 Å². The average molecular weight is 152 g/mol. The molecule has 0 aliphatic carbocycles. The molecule has 1 aromatic carbocycles. The van der Waals surface area contributed by atoms with Gasteiger partial charge in [-0.2, -0.15) is 0 Å². The molecule has 1 unspecified atom stereocenters. The van der Waals surface area contributed by atoms with Crippen LogP contribution in [0.2, 0.25) is 0 Å². The summed E-state index contributed by atoms with van der Waals surface area (Å²) in [7, 11) is 1.74.